The molecule has 2 aromatic carbocycles. The van der Waals surface area contributed by atoms with Crippen molar-refractivity contribution in [2.75, 3.05) is 36.5 Å². The van der Waals surface area contributed by atoms with Crippen molar-refractivity contribution in [3.8, 4) is 17.0 Å². The quantitative estimate of drug-likeness (QED) is 0.361. The van der Waals surface area contributed by atoms with Crippen LogP contribution in [-0.2, 0) is 16.0 Å². The van der Waals surface area contributed by atoms with Crippen LogP contribution in [0.2, 0.25) is 0 Å². The van der Waals surface area contributed by atoms with Crippen molar-refractivity contribution in [3.63, 3.8) is 0 Å². The van der Waals surface area contributed by atoms with Crippen molar-refractivity contribution in [1.29, 1.82) is 0 Å². The summed E-state index contributed by atoms with van der Waals surface area (Å²) in [4.78, 5) is 23.2. The summed E-state index contributed by atoms with van der Waals surface area (Å²) in [5.41, 5.74) is 4.40. The number of carbonyl (C=O) groups excluding carboxylic acids is 1. The first kappa shape index (κ1) is 21.6. The van der Waals surface area contributed by atoms with Gasteiger partial charge in [0.1, 0.15) is 5.75 Å². The van der Waals surface area contributed by atoms with Crippen molar-refractivity contribution in [3.05, 3.63) is 66.9 Å². The fraction of sp³-hybridized carbons (Fsp3) is 0.200. The van der Waals surface area contributed by atoms with Gasteiger partial charge in [0, 0.05) is 36.8 Å². The summed E-state index contributed by atoms with van der Waals surface area (Å²) in [7, 11) is 0. The number of anilines is 3. The van der Waals surface area contributed by atoms with Gasteiger partial charge in [0.05, 0.1) is 36.2 Å². The van der Waals surface area contributed by atoms with Gasteiger partial charge < -0.3 is 20.1 Å². The molecule has 0 saturated carbocycles. The van der Waals surface area contributed by atoms with Crippen LogP contribution in [0.5, 0.6) is 5.75 Å². The zero-order valence-electron chi connectivity index (χ0n) is 18.5. The first-order valence-electron chi connectivity index (χ1n) is 11.0. The Morgan fingerprint density at radius 2 is 2.06 bits per heavy atom. The lowest BCUT2D eigenvalue weighted by Gasteiger charge is -2.29. The Bertz CT molecular complexity index is 1360. The molecule has 34 heavy (non-hydrogen) atoms. The second-order valence-electron chi connectivity index (χ2n) is 8.00. The minimum absolute atomic E-state index is 0.0454. The van der Waals surface area contributed by atoms with Gasteiger partial charge >= 0.3 is 0 Å². The molecule has 3 N–H and O–H groups in total. The number of allylic oxidation sites excluding steroid dienone is 1. The average Bonchev–Trinajstić information content (AvgIpc) is 3.33. The molecule has 2 aromatic heterocycles. The number of aromatic hydroxyl groups is 1. The lowest BCUT2D eigenvalue weighted by atomic mass is 10.0. The fourth-order valence-corrected chi connectivity index (χ4v) is 4.01. The topological polar surface area (TPSA) is 116 Å². The molecule has 0 unspecified atom stereocenters. The summed E-state index contributed by atoms with van der Waals surface area (Å²) in [6.45, 7) is 6.30. The van der Waals surface area contributed by atoms with Gasteiger partial charge in [0.2, 0.25) is 5.95 Å². The monoisotopic (exact) mass is 456 g/mol. The van der Waals surface area contributed by atoms with E-state index in [4.69, 9.17) is 9.72 Å². The van der Waals surface area contributed by atoms with Crippen molar-refractivity contribution < 1.29 is 14.6 Å². The van der Waals surface area contributed by atoms with Crippen LogP contribution in [0.4, 0.5) is 17.3 Å². The largest absolute Gasteiger partial charge is 0.506 e. The number of aromatic amines is 1. The summed E-state index contributed by atoms with van der Waals surface area (Å²) in [6.07, 6.45) is 3.28. The minimum atomic E-state index is -0.0454. The van der Waals surface area contributed by atoms with Crippen LogP contribution in [-0.4, -0.2) is 57.4 Å². The van der Waals surface area contributed by atoms with Crippen LogP contribution in [0, 0.1) is 0 Å². The third kappa shape index (κ3) is 4.46. The highest BCUT2D eigenvalue weighted by atomic mass is 16.5. The number of phenols is 1. The number of nitrogens with zero attached hydrogens (tertiary/aromatic N) is 4. The lowest BCUT2D eigenvalue weighted by Crippen LogP contribution is -2.36. The molecule has 9 nitrogen and oxygen atoms in total. The van der Waals surface area contributed by atoms with E-state index >= 15 is 0 Å². The molecule has 0 radical (unpaired) electrons. The maximum absolute atomic E-state index is 11.8. The SMILES string of the molecule is C=CC(=O)Cc1cccc(-c2nc(Nc3ccc(N4CCOCC4)c(O)c3)nc3[nH]ncc23)c1. The third-order valence-corrected chi connectivity index (χ3v) is 5.70. The highest BCUT2D eigenvalue weighted by Gasteiger charge is 2.16. The predicted molar refractivity (Wildman–Crippen MR) is 130 cm³/mol. The molecular formula is C25H24N6O3. The van der Waals surface area contributed by atoms with Crippen LogP contribution in [0.15, 0.2) is 61.3 Å². The van der Waals surface area contributed by atoms with Crippen LogP contribution in [0.1, 0.15) is 5.56 Å². The molecule has 5 rings (SSSR count). The Balaban J connectivity index is 1.46. The Morgan fingerprint density at radius 1 is 1.21 bits per heavy atom. The van der Waals surface area contributed by atoms with Crippen LogP contribution in [0.3, 0.4) is 0 Å². The first-order valence-corrected chi connectivity index (χ1v) is 11.0. The number of hydrogen-bond acceptors (Lipinski definition) is 8. The molecule has 1 fully saturated rings. The number of phenolic OH excluding ortho intramolecular Hbond substituents is 1. The molecule has 1 aliphatic rings. The number of morpholine rings is 1. The van der Waals surface area contributed by atoms with Crippen LogP contribution in [0.25, 0.3) is 22.3 Å². The minimum Gasteiger partial charge on any atom is -0.506 e. The number of carbonyl (C=O) groups is 1. The highest BCUT2D eigenvalue weighted by molar-refractivity contribution is 5.93. The third-order valence-electron chi connectivity index (χ3n) is 5.70. The molecule has 0 amide bonds. The van der Waals surface area contributed by atoms with Crippen molar-refractivity contribution in [2.45, 2.75) is 6.42 Å². The smallest absolute Gasteiger partial charge is 0.229 e. The fourth-order valence-electron chi connectivity index (χ4n) is 4.01. The molecule has 1 aliphatic heterocycles. The van der Waals surface area contributed by atoms with E-state index in [9.17, 15) is 9.90 Å². The van der Waals surface area contributed by atoms with Crippen LogP contribution < -0.4 is 10.2 Å². The summed E-state index contributed by atoms with van der Waals surface area (Å²) >= 11 is 0. The molecule has 0 bridgehead atoms. The summed E-state index contributed by atoms with van der Waals surface area (Å²) in [6, 6.07) is 13.1. The molecular weight excluding hydrogens is 432 g/mol. The van der Waals surface area contributed by atoms with Gasteiger partial charge in [-0.05, 0) is 29.8 Å². The van der Waals surface area contributed by atoms with E-state index in [1.54, 1.807) is 12.3 Å². The number of benzene rings is 2. The van der Waals surface area contributed by atoms with Gasteiger partial charge in [-0.3, -0.25) is 9.89 Å². The van der Waals surface area contributed by atoms with E-state index in [-0.39, 0.29) is 18.0 Å². The molecule has 1 saturated heterocycles. The number of aromatic nitrogens is 4. The standard InChI is InChI=1S/C25H24N6O3/c1-2-19(32)13-16-4-3-5-17(12-16)23-20-15-26-30-24(20)29-25(28-23)27-18-6-7-21(22(33)14-18)31-8-10-34-11-9-31/h2-7,12,14-15,33H,1,8-11,13H2,(H2,26,27,28,29,30). The average molecular weight is 457 g/mol. The number of fused-ring (bicyclic) bond motifs is 1. The van der Waals surface area contributed by atoms with E-state index in [0.717, 1.165) is 35.3 Å². The number of H-pyrrole nitrogens is 1. The van der Waals surface area contributed by atoms with Crippen molar-refractivity contribution >= 4 is 34.1 Å². The maximum Gasteiger partial charge on any atom is 0.229 e. The van der Waals surface area contributed by atoms with Gasteiger partial charge in [-0.1, -0.05) is 24.8 Å². The Morgan fingerprint density at radius 3 is 2.85 bits per heavy atom. The van der Waals surface area contributed by atoms with Crippen LogP contribution >= 0.6 is 0 Å². The highest BCUT2D eigenvalue weighted by Crippen LogP contribution is 2.33. The number of ketones is 1. The lowest BCUT2D eigenvalue weighted by molar-refractivity contribution is -0.114. The maximum atomic E-state index is 11.8. The van der Waals surface area contributed by atoms with Gasteiger partial charge in [0.25, 0.3) is 0 Å². The number of nitrogens with one attached hydrogen (secondary N) is 2. The number of rotatable bonds is 7. The molecule has 9 heteroatoms. The zero-order chi connectivity index (χ0) is 23.5. The molecule has 172 valence electrons. The van der Waals surface area contributed by atoms with Gasteiger partial charge in [-0.25, -0.2) is 4.98 Å². The predicted octanol–water partition coefficient (Wildman–Crippen LogP) is 3.60. The van der Waals surface area contributed by atoms with Crippen molar-refractivity contribution in [1.82, 2.24) is 20.2 Å². The van der Waals surface area contributed by atoms with E-state index < -0.39 is 0 Å². The Hall–Kier alpha value is -4.24. The number of ether oxygens (including phenoxy) is 1. The van der Waals surface area contributed by atoms with Crippen molar-refractivity contribution in [2.24, 2.45) is 0 Å². The van der Waals surface area contributed by atoms with Gasteiger partial charge in [-0.15, -0.1) is 0 Å². The Labute approximate surface area is 196 Å². The van der Waals surface area contributed by atoms with E-state index in [2.05, 4.69) is 32.0 Å². The molecule has 0 aliphatic carbocycles. The van der Waals surface area contributed by atoms with E-state index in [1.165, 1.54) is 6.08 Å². The summed E-state index contributed by atoms with van der Waals surface area (Å²) in [5.74, 6) is 0.489. The normalized spacial score (nSPS) is 13.7. The first-order chi connectivity index (χ1) is 16.6. The van der Waals surface area contributed by atoms with E-state index in [0.29, 0.717) is 36.2 Å². The van der Waals surface area contributed by atoms with Gasteiger partial charge in [-0.2, -0.15) is 10.1 Å². The summed E-state index contributed by atoms with van der Waals surface area (Å²) < 4.78 is 5.39. The summed E-state index contributed by atoms with van der Waals surface area (Å²) in [5, 5.41) is 21.6. The number of hydrogen-bond donors (Lipinski definition) is 3. The zero-order valence-corrected chi connectivity index (χ0v) is 18.5. The second kappa shape index (κ2) is 9.32. The Kier molecular flexibility index (Phi) is 5.92. The molecule has 0 atom stereocenters. The van der Waals surface area contributed by atoms with Gasteiger partial charge in [0.15, 0.2) is 11.4 Å². The molecule has 3 heterocycles. The molecule has 0 spiro atoms. The second-order valence-corrected chi connectivity index (χ2v) is 8.00. The van der Waals surface area contributed by atoms with E-state index in [1.807, 2.05) is 36.4 Å². The molecule has 4 aromatic rings.